The molecular weight excluding hydrogens is 409 g/mol. The lowest BCUT2D eigenvalue weighted by Crippen LogP contribution is -2.44. The summed E-state index contributed by atoms with van der Waals surface area (Å²) in [6, 6.07) is 13.7. The van der Waals surface area contributed by atoms with E-state index in [1.807, 2.05) is 31.2 Å². The molecular formula is C25H26FN3O3. The Morgan fingerprint density at radius 1 is 1.16 bits per heavy atom. The fourth-order valence-corrected chi connectivity index (χ4v) is 4.10. The van der Waals surface area contributed by atoms with E-state index in [4.69, 9.17) is 4.52 Å². The molecule has 3 aromatic rings. The highest BCUT2D eigenvalue weighted by atomic mass is 19.1. The molecule has 1 aromatic heterocycles. The predicted molar refractivity (Wildman–Crippen MR) is 119 cm³/mol. The zero-order chi connectivity index (χ0) is 22.7. The number of carbonyl (C=O) groups excluding carboxylic acids is 2. The number of hydrogen-bond acceptors (Lipinski definition) is 4. The number of aryl methyl sites for hydroxylation is 2. The molecule has 6 nitrogen and oxygen atoms in total. The van der Waals surface area contributed by atoms with Crippen LogP contribution in [0.25, 0.3) is 11.1 Å². The van der Waals surface area contributed by atoms with Crippen LogP contribution in [0.2, 0.25) is 0 Å². The monoisotopic (exact) mass is 435 g/mol. The van der Waals surface area contributed by atoms with E-state index in [1.54, 1.807) is 24.0 Å². The first-order valence-electron chi connectivity index (χ1n) is 10.8. The molecule has 1 fully saturated rings. The van der Waals surface area contributed by atoms with Crippen LogP contribution in [0.5, 0.6) is 0 Å². The van der Waals surface area contributed by atoms with Gasteiger partial charge in [-0.05, 0) is 62.1 Å². The zero-order valence-electron chi connectivity index (χ0n) is 18.2. The fraction of sp³-hybridized carbons (Fsp3) is 0.320. The average Bonchev–Trinajstić information content (AvgIpc) is 3.12. The van der Waals surface area contributed by atoms with Gasteiger partial charge in [0.15, 0.2) is 0 Å². The van der Waals surface area contributed by atoms with Gasteiger partial charge in [0.05, 0.1) is 18.0 Å². The van der Waals surface area contributed by atoms with Crippen molar-refractivity contribution in [1.82, 2.24) is 10.1 Å². The summed E-state index contributed by atoms with van der Waals surface area (Å²) in [7, 11) is 0. The van der Waals surface area contributed by atoms with Crippen molar-refractivity contribution in [3.05, 3.63) is 71.4 Å². The molecule has 1 atom stereocenters. The van der Waals surface area contributed by atoms with Crippen molar-refractivity contribution in [3.8, 4) is 11.1 Å². The molecule has 7 heteroatoms. The Kier molecular flexibility index (Phi) is 6.35. The molecule has 32 heavy (non-hydrogen) atoms. The van der Waals surface area contributed by atoms with Crippen molar-refractivity contribution in [2.75, 3.05) is 18.4 Å². The smallest absolute Gasteiger partial charge is 0.229 e. The molecule has 1 saturated heterocycles. The van der Waals surface area contributed by atoms with Gasteiger partial charge in [-0.15, -0.1) is 0 Å². The Morgan fingerprint density at radius 3 is 2.66 bits per heavy atom. The maximum Gasteiger partial charge on any atom is 0.229 e. The lowest BCUT2D eigenvalue weighted by atomic mass is 9.96. The van der Waals surface area contributed by atoms with E-state index < -0.39 is 0 Å². The Bertz CT molecular complexity index is 1100. The molecule has 1 N–H and O–H groups in total. The van der Waals surface area contributed by atoms with Crippen LogP contribution in [0.4, 0.5) is 10.1 Å². The van der Waals surface area contributed by atoms with Gasteiger partial charge < -0.3 is 14.7 Å². The number of nitrogens with one attached hydrogen (secondary N) is 1. The number of rotatable bonds is 5. The van der Waals surface area contributed by atoms with E-state index >= 15 is 0 Å². The van der Waals surface area contributed by atoms with Crippen molar-refractivity contribution in [2.45, 2.75) is 33.1 Å². The summed E-state index contributed by atoms with van der Waals surface area (Å²) in [6.45, 7) is 4.67. The van der Waals surface area contributed by atoms with E-state index in [0.29, 0.717) is 24.5 Å². The highest BCUT2D eigenvalue weighted by molar-refractivity contribution is 5.94. The SMILES string of the molecule is Cc1noc(C)c1CC(=O)N1CCCC(C(=O)Nc2cccc(-c3ccc(F)cc3)c2)C1. The van der Waals surface area contributed by atoms with Crippen molar-refractivity contribution in [3.63, 3.8) is 0 Å². The fourth-order valence-electron chi connectivity index (χ4n) is 4.10. The number of halogens is 1. The molecule has 0 aliphatic carbocycles. The minimum Gasteiger partial charge on any atom is -0.361 e. The van der Waals surface area contributed by atoms with E-state index in [2.05, 4.69) is 10.5 Å². The molecule has 2 amide bonds. The van der Waals surface area contributed by atoms with Crippen molar-refractivity contribution < 1.29 is 18.5 Å². The number of hydrogen-bond donors (Lipinski definition) is 1. The van der Waals surface area contributed by atoms with Crippen molar-refractivity contribution in [2.24, 2.45) is 5.92 Å². The third kappa shape index (κ3) is 4.88. The summed E-state index contributed by atoms with van der Waals surface area (Å²) >= 11 is 0. The molecule has 4 rings (SSSR count). The van der Waals surface area contributed by atoms with Gasteiger partial charge >= 0.3 is 0 Å². The Balaban J connectivity index is 1.40. The standard InChI is InChI=1S/C25H26FN3O3/c1-16-23(17(2)32-28-16)14-24(30)29-12-4-6-20(15-29)25(31)27-22-7-3-5-19(13-22)18-8-10-21(26)11-9-18/h3,5,7-11,13,20H,4,6,12,14-15H2,1-2H3,(H,27,31). The lowest BCUT2D eigenvalue weighted by Gasteiger charge is -2.32. The number of carbonyl (C=O) groups is 2. The first kappa shape index (κ1) is 21.7. The average molecular weight is 435 g/mol. The number of benzene rings is 2. The second kappa shape index (κ2) is 9.34. The summed E-state index contributed by atoms with van der Waals surface area (Å²) < 4.78 is 18.4. The molecule has 1 aliphatic heterocycles. The van der Waals surface area contributed by atoms with Crippen LogP contribution < -0.4 is 5.32 Å². The maximum atomic E-state index is 13.2. The second-order valence-electron chi connectivity index (χ2n) is 8.24. The molecule has 0 saturated carbocycles. The third-order valence-corrected chi connectivity index (χ3v) is 5.96. The molecule has 0 spiro atoms. The van der Waals surface area contributed by atoms with E-state index in [1.165, 1.54) is 12.1 Å². The quantitative estimate of drug-likeness (QED) is 0.640. The van der Waals surface area contributed by atoms with Crippen LogP contribution in [0, 0.1) is 25.6 Å². The van der Waals surface area contributed by atoms with Gasteiger partial charge in [-0.1, -0.05) is 29.4 Å². The molecule has 1 unspecified atom stereocenters. The Morgan fingerprint density at radius 2 is 1.94 bits per heavy atom. The summed E-state index contributed by atoms with van der Waals surface area (Å²) in [6.07, 6.45) is 1.74. The van der Waals surface area contributed by atoms with Crippen molar-refractivity contribution >= 4 is 17.5 Å². The summed E-state index contributed by atoms with van der Waals surface area (Å²) in [5.74, 6) is -0.0229. The number of likely N-dealkylation sites (tertiary alicyclic amines) is 1. The first-order valence-corrected chi connectivity index (χ1v) is 10.8. The number of aromatic nitrogens is 1. The highest BCUT2D eigenvalue weighted by Crippen LogP contribution is 2.25. The van der Waals surface area contributed by atoms with E-state index in [0.717, 1.165) is 35.2 Å². The van der Waals surface area contributed by atoms with Crippen molar-refractivity contribution in [1.29, 1.82) is 0 Å². The maximum absolute atomic E-state index is 13.2. The van der Waals surface area contributed by atoms with Crippen LogP contribution in [0.1, 0.15) is 29.9 Å². The topological polar surface area (TPSA) is 75.4 Å². The van der Waals surface area contributed by atoms with Gasteiger partial charge in [-0.2, -0.15) is 0 Å². The summed E-state index contributed by atoms with van der Waals surface area (Å²) in [5, 5.41) is 6.89. The number of anilines is 1. The second-order valence-corrected chi connectivity index (χ2v) is 8.24. The molecule has 1 aliphatic rings. The van der Waals surface area contributed by atoms with Crippen LogP contribution in [-0.2, 0) is 16.0 Å². The van der Waals surface area contributed by atoms with Gasteiger partial charge in [0.25, 0.3) is 0 Å². The molecule has 2 aromatic carbocycles. The van der Waals surface area contributed by atoms with E-state index in [9.17, 15) is 14.0 Å². The van der Waals surface area contributed by atoms with Crippen LogP contribution in [0.15, 0.2) is 53.1 Å². The summed E-state index contributed by atoms with van der Waals surface area (Å²) in [4.78, 5) is 27.5. The van der Waals surface area contributed by atoms with Gasteiger partial charge in [-0.25, -0.2) is 4.39 Å². The van der Waals surface area contributed by atoms with E-state index in [-0.39, 0.29) is 30.0 Å². The third-order valence-electron chi connectivity index (χ3n) is 5.96. The molecule has 2 heterocycles. The highest BCUT2D eigenvalue weighted by Gasteiger charge is 2.29. The minimum atomic E-state index is -0.288. The first-order chi connectivity index (χ1) is 15.4. The zero-order valence-corrected chi connectivity index (χ0v) is 18.2. The van der Waals surface area contributed by atoms with Crippen LogP contribution >= 0.6 is 0 Å². The largest absolute Gasteiger partial charge is 0.361 e. The van der Waals surface area contributed by atoms with Crippen LogP contribution in [0.3, 0.4) is 0 Å². The lowest BCUT2D eigenvalue weighted by molar-refractivity contribution is -0.134. The number of nitrogens with zero attached hydrogens (tertiary/aromatic N) is 2. The number of piperidine rings is 1. The predicted octanol–water partition coefficient (Wildman–Crippen LogP) is 4.52. The summed E-state index contributed by atoms with van der Waals surface area (Å²) in [5.41, 5.74) is 3.98. The molecule has 166 valence electrons. The van der Waals surface area contributed by atoms with Crippen LogP contribution in [-0.4, -0.2) is 35.0 Å². The number of amides is 2. The van der Waals surface area contributed by atoms with Gasteiger partial charge in [0, 0.05) is 24.3 Å². The van der Waals surface area contributed by atoms with Gasteiger partial charge in [0.1, 0.15) is 11.6 Å². The minimum absolute atomic E-state index is 0.0183. The normalized spacial score (nSPS) is 16.1. The van der Waals surface area contributed by atoms with Gasteiger partial charge in [0.2, 0.25) is 11.8 Å². The molecule has 0 radical (unpaired) electrons. The Labute approximate surface area is 186 Å². The Hall–Kier alpha value is -3.48. The van der Waals surface area contributed by atoms with Gasteiger partial charge in [-0.3, -0.25) is 9.59 Å². The molecule has 0 bridgehead atoms.